The minimum Gasteiger partial charge on any atom is -0.491 e. The molecule has 0 atom stereocenters. The van der Waals surface area contributed by atoms with Gasteiger partial charge < -0.3 is 25.4 Å². The van der Waals surface area contributed by atoms with Crippen molar-refractivity contribution in [2.45, 2.75) is 6.42 Å². The summed E-state index contributed by atoms with van der Waals surface area (Å²) in [5.41, 5.74) is 9.01. The molecule has 0 aromatic heterocycles. The third-order valence-electron chi connectivity index (χ3n) is 3.37. The standard InChI is InChI=1S/C13H19N3O2/c14-10-8-11-13(18-5-1-2-15-11)9-12(10)16-3-6-17-7-4-16/h8-9,15H,1-7,14H2. The molecule has 98 valence electrons. The summed E-state index contributed by atoms with van der Waals surface area (Å²) in [6, 6.07) is 4.03. The number of anilines is 3. The van der Waals surface area contributed by atoms with Gasteiger partial charge in [0.15, 0.2) is 0 Å². The zero-order chi connectivity index (χ0) is 12.4. The molecule has 2 aliphatic heterocycles. The average molecular weight is 249 g/mol. The molecule has 1 saturated heterocycles. The molecule has 2 heterocycles. The fourth-order valence-electron chi connectivity index (χ4n) is 2.40. The lowest BCUT2D eigenvalue weighted by Crippen LogP contribution is -2.36. The number of nitrogens with zero attached hydrogens (tertiary/aromatic N) is 1. The van der Waals surface area contributed by atoms with Gasteiger partial charge in [0, 0.05) is 25.7 Å². The monoisotopic (exact) mass is 249 g/mol. The van der Waals surface area contributed by atoms with Crippen LogP contribution in [0.2, 0.25) is 0 Å². The maximum atomic E-state index is 6.15. The van der Waals surface area contributed by atoms with Crippen molar-refractivity contribution in [2.24, 2.45) is 0 Å². The summed E-state index contributed by atoms with van der Waals surface area (Å²) < 4.78 is 11.1. The Kier molecular flexibility index (Phi) is 3.15. The zero-order valence-electron chi connectivity index (χ0n) is 10.4. The van der Waals surface area contributed by atoms with Crippen LogP contribution in [0.5, 0.6) is 5.75 Å². The normalized spacial score (nSPS) is 19.4. The predicted octanol–water partition coefficient (Wildman–Crippen LogP) is 1.30. The smallest absolute Gasteiger partial charge is 0.144 e. The molecule has 5 heteroatoms. The Bertz CT molecular complexity index is 430. The number of hydrogen-bond acceptors (Lipinski definition) is 5. The van der Waals surface area contributed by atoms with Crippen LogP contribution < -0.4 is 20.7 Å². The first-order chi connectivity index (χ1) is 8.84. The van der Waals surface area contributed by atoms with Gasteiger partial charge in [-0.3, -0.25) is 0 Å². The fourth-order valence-corrected chi connectivity index (χ4v) is 2.40. The topological polar surface area (TPSA) is 59.8 Å². The molecule has 1 fully saturated rings. The molecule has 3 rings (SSSR count). The summed E-state index contributed by atoms with van der Waals surface area (Å²) in [4.78, 5) is 2.26. The lowest BCUT2D eigenvalue weighted by molar-refractivity contribution is 0.122. The molecule has 18 heavy (non-hydrogen) atoms. The molecule has 0 saturated carbocycles. The van der Waals surface area contributed by atoms with Crippen LogP contribution in [0.15, 0.2) is 12.1 Å². The van der Waals surface area contributed by atoms with E-state index < -0.39 is 0 Å². The van der Waals surface area contributed by atoms with E-state index in [0.29, 0.717) is 0 Å². The van der Waals surface area contributed by atoms with Crippen molar-refractivity contribution in [1.29, 1.82) is 0 Å². The molecule has 2 aliphatic rings. The summed E-state index contributed by atoms with van der Waals surface area (Å²) in [5, 5.41) is 3.35. The van der Waals surface area contributed by atoms with Crippen molar-refractivity contribution in [1.82, 2.24) is 0 Å². The van der Waals surface area contributed by atoms with Crippen molar-refractivity contribution in [2.75, 3.05) is 55.4 Å². The molecule has 1 aromatic rings. The Balaban J connectivity index is 1.92. The second-order valence-corrected chi connectivity index (χ2v) is 4.64. The quantitative estimate of drug-likeness (QED) is 0.735. The Hall–Kier alpha value is -1.62. The molecule has 1 aromatic carbocycles. The zero-order valence-corrected chi connectivity index (χ0v) is 10.4. The first kappa shape index (κ1) is 11.5. The van der Waals surface area contributed by atoms with Crippen molar-refractivity contribution < 1.29 is 9.47 Å². The summed E-state index contributed by atoms with van der Waals surface area (Å²) in [7, 11) is 0. The first-order valence-corrected chi connectivity index (χ1v) is 6.47. The minimum atomic E-state index is 0.756. The third kappa shape index (κ3) is 2.18. The number of hydrogen-bond donors (Lipinski definition) is 2. The van der Waals surface area contributed by atoms with Gasteiger partial charge in [-0.25, -0.2) is 0 Å². The largest absolute Gasteiger partial charge is 0.491 e. The van der Waals surface area contributed by atoms with Gasteiger partial charge in [0.1, 0.15) is 5.75 Å². The highest BCUT2D eigenvalue weighted by molar-refractivity contribution is 5.77. The van der Waals surface area contributed by atoms with Crippen molar-refractivity contribution in [3.63, 3.8) is 0 Å². The molecule has 0 bridgehead atoms. The van der Waals surface area contributed by atoms with E-state index in [1.807, 2.05) is 12.1 Å². The fraction of sp³-hybridized carbons (Fsp3) is 0.538. The number of nitrogens with one attached hydrogen (secondary N) is 1. The maximum Gasteiger partial charge on any atom is 0.144 e. The van der Waals surface area contributed by atoms with Gasteiger partial charge >= 0.3 is 0 Å². The number of fused-ring (bicyclic) bond motifs is 1. The summed E-state index contributed by atoms with van der Waals surface area (Å²) in [5.74, 6) is 0.906. The molecule has 0 unspecified atom stereocenters. The van der Waals surface area contributed by atoms with E-state index in [-0.39, 0.29) is 0 Å². The van der Waals surface area contributed by atoms with Crippen molar-refractivity contribution >= 4 is 17.1 Å². The molecule has 3 N–H and O–H groups in total. The second-order valence-electron chi connectivity index (χ2n) is 4.64. The number of rotatable bonds is 1. The highest BCUT2D eigenvalue weighted by Crippen LogP contribution is 2.36. The minimum absolute atomic E-state index is 0.756. The predicted molar refractivity (Wildman–Crippen MR) is 72.5 cm³/mol. The molecular formula is C13H19N3O2. The summed E-state index contributed by atoms with van der Waals surface area (Å²) in [6.45, 7) is 4.98. The van der Waals surface area contributed by atoms with Gasteiger partial charge in [0.05, 0.1) is 36.9 Å². The maximum absolute atomic E-state index is 6.15. The van der Waals surface area contributed by atoms with E-state index in [9.17, 15) is 0 Å². The van der Waals surface area contributed by atoms with Gasteiger partial charge in [-0.1, -0.05) is 0 Å². The Morgan fingerprint density at radius 1 is 1.17 bits per heavy atom. The van der Waals surface area contributed by atoms with Gasteiger partial charge in [0.2, 0.25) is 0 Å². The third-order valence-corrected chi connectivity index (χ3v) is 3.37. The van der Waals surface area contributed by atoms with Crippen LogP contribution in [0.1, 0.15) is 6.42 Å². The van der Waals surface area contributed by atoms with E-state index in [4.69, 9.17) is 15.2 Å². The number of morpholine rings is 1. The van der Waals surface area contributed by atoms with Crippen LogP contribution in [-0.2, 0) is 4.74 Å². The highest BCUT2D eigenvalue weighted by Gasteiger charge is 2.18. The Morgan fingerprint density at radius 2 is 2.00 bits per heavy atom. The summed E-state index contributed by atoms with van der Waals surface area (Å²) in [6.07, 6.45) is 1.02. The van der Waals surface area contributed by atoms with Crippen LogP contribution in [0, 0.1) is 0 Å². The molecule has 0 radical (unpaired) electrons. The van der Waals surface area contributed by atoms with E-state index in [0.717, 1.165) is 68.7 Å². The van der Waals surface area contributed by atoms with Crippen molar-refractivity contribution in [3.8, 4) is 5.75 Å². The number of nitrogens with two attached hydrogens (primary N) is 1. The number of nitrogen functional groups attached to an aromatic ring is 1. The van der Waals surface area contributed by atoms with Gasteiger partial charge in [-0.15, -0.1) is 0 Å². The molecular weight excluding hydrogens is 230 g/mol. The SMILES string of the molecule is Nc1cc2c(cc1N1CCOCC1)OCCCN2. The lowest BCUT2D eigenvalue weighted by Gasteiger charge is -2.30. The van der Waals surface area contributed by atoms with Crippen LogP contribution in [-0.4, -0.2) is 39.5 Å². The first-order valence-electron chi connectivity index (χ1n) is 6.47. The summed E-state index contributed by atoms with van der Waals surface area (Å²) >= 11 is 0. The van der Waals surface area contributed by atoms with Gasteiger partial charge in [0.25, 0.3) is 0 Å². The Morgan fingerprint density at radius 3 is 2.83 bits per heavy atom. The van der Waals surface area contributed by atoms with Crippen LogP contribution in [0.4, 0.5) is 17.1 Å². The van der Waals surface area contributed by atoms with Gasteiger partial charge in [-0.05, 0) is 12.5 Å². The van der Waals surface area contributed by atoms with Crippen molar-refractivity contribution in [3.05, 3.63) is 12.1 Å². The van der Waals surface area contributed by atoms with E-state index in [1.165, 1.54) is 0 Å². The molecule has 0 amide bonds. The van der Waals surface area contributed by atoms with Gasteiger partial charge in [-0.2, -0.15) is 0 Å². The van der Waals surface area contributed by atoms with Crippen LogP contribution >= 0.6 is 0 Å². The molecule has 5 nitrogen and oxygen atoms in total. The van der Waals surface area contributed by atoms with Crippen LogP contribution in [0.3, 0.4) is 0 Å². The highest BCUT2D eigenvalue weighted by atomic mass is 16.5. The van der Waals surface area contributed by atoms with E-state index >= 15 is 0 Å². The molecule has 0 spiro atoms. The number of ether oxygens (including phenoxy) is 2. The lowest BCUT2D eigenvalue weighted by atomic mass is 10.2. The molecule has 0 aliphatic carbocycles. The second kappa shape index (κ2) is 4.94. The van der Waals surface area contributed by atoms with E-state index in [2.05, 4.69) is 10.2 Å². The number of benzene rings is 1. The average Bonchev–Trinajstić information content (AvgIpc) is 2.63. The Labute approximate surface area is 107 Å². The van der Waals surface area contributed by atoms with E-state index in [1.54, 1.807) is 0 Å². The van der Waals surface area contributed by atoms with Crippen LogP contribution in [0.25, 0.3) is 0 Å².